The molecular weight excluding hydrogens is 348 g/mol. The number of ether oxygens (including phenoxy) is 1. The number of hydrogen-bond donors (Lipinski definition) is 3. The molecule has 0 radical (unpaired) electrons. The van der Waals surface area contributed by atoms with Crippen molar-refractivity contribution in [1.29, 1.82) is 0 Å². The number of oxazole rings is 1. The molecule has 0 saturated heterocycles. The van der Waals surface area contributed by atoms with Gasteiger partial charge in [-0.25, -0.2) is 10.5 Å². The summed E-state index contributed by atoms with van der Waals surface area (Å²) in [6.07, 6.45) is 0.668. The van der Waals surface area contributed by atoms with Crippen LogP contribution in [0.2, 0.25) is 0 Å². The van der Waals surface area contributed by atoms with Crippen molar-refractivity contribution in [3.63, 3.8) is 0 Å². The maximum atomic E-state index is 11.3. The minimum Gasteiger partial charge on any atom is -0.497 e. The zero-order chi connectivity index (χ0) is 19.4. The van der Waals surface area contributed by atoms with Crippen LogP contribution in [0.5, 0.6) is 5.75 Å². The summed E-state index contributed by atoms with van der Waals surface area (Å²) in [4.78, 5) is 15.8. The molecule has 1 atom stereocenters. The zero-order valence-electron chi connectivity index (χ0n) is 15.2. The first-order valence-electron chi connectivity index (χ1n) is 8.70. The van der Waals surface area contributed by atoms with Gasteiger partial charge in [0.2, 0.25) is 11.8 Å². The first kappa shape index (κ1) is 18.9. The van der Waals surface area contributed by atoms with Gasteiger partial charge in [0, 0.05) is 18.1 Å². The number of aliphatic hydroxyl groups is 1. The van der Waals surface area contributed by atoms with Crippen molar-refractivity contribution in [3.8, 4) is 17.2 Å². The lowest BCUT2D eigenvalue weighted by atomic mass is 9.86. The first-order valence-corrected chi connectivity index (χ1v) is 8.70. The number of methoxy groups -OCH3 is 1. The third-order valence-corrected chi connectivity index (χ3v) is 4.74. The largest absolute Gasteiger partial charge is 0.497 e. The maximum Gasteiger partial charge on any atom is 0.243 e. The van der Waals surface area contributed by atoms with E-state index in [1.54, 1.807) is 36.9 Å². The summed E-state index contributed by atoms with van der Waals surface area (Å²) in [5.41, 5.74) is 3.27. The number of benzene rings is 2. The molecule has 2 aromatic carbocycles. The van der Waals surface area contributed by atoms with Gasteiger partial charge in [-0.1, -0.05) is 19.1 Å². The minimum atomic E-state index is -1.15. The number of aromatic nitrogens is 1. The van der Waals surface area contributed by atoms with Gasteiger partial charge in [-0.05, 0) is 42.7 Å². The van der Waals surface area contributed by atoms with Crippen molar-refractivity contribution >= 4 is 17.0 Å². The molecule has 1 aromatic heterocycles. The van der Waals surface area contributed by atoms with Crippen LogP contribution in [0.25, 0.3) is 22.6 Å². The summed E-state index contributed by atoms with van der Waals surface area (Å²) < 4.78 is 11.0. The molecule has 3 rings (SSSR count). The second kappa shape index (κ2) is 7.77. The lowest BCUT2D eigenvalue weighted by Gasteiger charge is -2.27. The Labute approximate surface area is 156 Å². The number of carbonyl (C=O) groups is 1. The number of hydroxylamine groups is 1. The quantitative estimate of drug-likeness (QED) is 0.435. The summed E-state index contributed by atoms with van der Waals surface area (Å²) in [5, 5.41) is 19.5. The molecule has 0 aliphatic carbocycles. The van der Waals surface area contributed by atoms with E-state index in [-0.39, 0.29) is 12.8 Å². The van der Waals surface area contributed by atoms with Gasteiger partial charge in [0.25, 0.3) is 0 Å². The zero-order valence-corrected chi connectivity index (χ0v) is 15.2. The van der Waals surface area contributed by atoms with E-state index in [1.165, 1.54) is 0 Å². The van der Waals surface area contributed by atoms with Gasteiger partial charge in [0.15, 0.2) is 5.58 Å². The van der Waals surface area contributed by atoms with Crippen LogP contribution in [0.4, 0.5) is 0 Å². The predicted molar refractivity (Wildman–Crippen MR) is 99.3 cm³/mol. The standard InChI is InChI=1S/C20H22N2O5/c1-3-20(24,11-10-18(23)22-25)14-6-4-13(5-7-14)19-21-16-12-15(26-2)8-9-17(16)27-19/h4-9,12,24-25H,3,10-11H2,1-2H3,(H,22,23). The lowest BCUT2D eigenvalue weighted by Crippen LogP contribution is -2.28. The molecular formula is C20H22N2O5. The highest BCUT2D eigenvalue weighted by molar-refractivity contribution is 5.77. The number of nitrogens with one attached hydrogen (secondary N) is 1. The molecule has 0 bridgehead atoms. The normalized spacial score (nSPS) is 13.3. The summed E-state index contributed by atoms with van der Waals surface area (Å²) in [7, 11) is 1.60. The number of nitrogens with zero attached hydrogens (tertiary/aromatic N) is 1. The number of fused-ring (bicyclic) bond motifs is 1. The highest BCUT2D eigenvalue weighted by atomic mass is 16.5. The van der Waals surface area contributed by atoms with E-state index in [2.05, 4.69) is 4.98 Å². The van der Waals surface area contributed by atoms with Gasteiger partial charge in [-0.15, -0.1) is 0 Å². The van der Waals surface area contributed by atoms with Gasteiger partial charge < -0.3 is 14.3 Å². The Morgan fingerprint density at radius 3 is 2.63 bits per heavy atom. The van der Waals surface area contributed by atoms with Gasteiger partial charge in [-0.2, -0.15) is 0 Å². The van der Waals surface area contributed by atoms with Crippen LogP contribution in [0.15, 0.2) is 46.9 Å². The van der Waals surface area contributed by atoms with Crippen LogP contribution in [0.1, 0.15) is 31.7 Å². The Balaban J connectivity index is 1.84. The van der Waals surface area contributed by atoms with E-state index < -0.39 is 11.5 Å². The molecule has 27 heavy (non-hydrogen) atoms. The SMILES string of the molecule is CCC(O)(CCC(=O)NO)c1ccc(-c2nc3cc(OC)ccc3o2)cc1. The summed E-state index contributed by atoms with van der Waals surface area (Å²) in [5.74, 6) is 0.655. The fourth-order valence-electron chi connectivity index (χ4n) is 2.98. The van der Waals surface area contributed by atoms with E-state index in [4.69, 9.17) is 14.4 Å². The van der Waals surface area contributed by atoms with Crippen molar-refractivity contribution in [2.75, 3.05) is 7.11 Å². The second-order valence-corrected chi connectivity index (χ2v) is 6.35. The first-order chi connectivity index (χ1) is 13.0. The molecule has 0 saturated carbocycles. The molecule has 1 heterocycles. The van der Waals surface area contributed by atoms with Gasteiger partial charge in [0.1, 0.15) is 11.3 Å². The minimum absolute atomic E-state index is 0.0234. The molecule has 0 spiro atoms. The molecule has 0 aliphatic heterocycles. The fraction of sp³-hybridized carbons (Fsp3) is 0.300. The van der Waals surface area contributed by atoms with Crippen molar-refractivity contribution in [3.05, 3.63) is 48.0 Å². The molecule has 7 heteroatoms. The molecule has 1 unspecified atom stereocenters. The average molecular weight is 370 g/mol. The Bertz CT molecular complexity index is 935. The maximum absolute atomic E-state index is 11.3. The van der Waals surface area contributed by atoms with Crippen LogP contribution < -0.4 is 10.2 Å². The van der Waals surface area contributed by atoms with Gasteiger partial charge in [-0.3, -0.25) is 10.0 Å². The summed E-state index contributed by atoms with van der Waals surface area (Å²) >= 11 is 0. The molecule has 3 N–H and O–H groups in total. The summed E-state index contributed by atoms with van der Waals surface area (Å²) in [6.45, 7) is 1.85. The average Bonchev–Trinajstić information content (AvgIpc) is 3.15. The van der Waals surface area contributed by atoms with Crippen LogP contribution >= 0.6 is 0 Å². The number of hydrogen-bond acceptors (Lipinski definition) is 6. The Kier molecular flexibility index (Phi) is 5.43. The van der Waals surface area contributed by atoms with Crippen molar-refractivity contribution in [2.24, 2.45) is 0 Å². The van der Waals surface area contributed by atoms with Gasteiger partial charge >= 0.3 is 0 Å². The molecule has 1 amide bonds. The number of carbonyl (C=O) groups excluding carboxylic acids is 1. The van der Waals surface area contributed by atoms with E-state index >= 15 is 0 Å². The Morgan fingerprint density at radius 1 is 1.26 bits per heavy atom. The molecule has 0 aliphatic rings. The molecule has 7 nitrogen and oxygen atoms in total. The highest BCUT2D eigenvalue weighted by Gasteiger charge is 2.28. The van der Waals surface area contributed by atoms with E-state index in [1.807, 2.05) is 25.1 Å². The molecule has 3 aromatic rings. The van der Waals surface area contributed by atoms with Crippen molar-refractivity contribution in [1.82, 2.24) is 10.5 Å². The highest BCUT2D eigenvalue weighted by Crippen LogP contribution is 2.32. The summed E-state index contributed by atoms with van der Waals surface area (Å²) in [6, 6.07) is 12.7. The van der Waals surface area contributed by atoms with Crippen LogP contribution in [-0.4, -0.2) is 28.3 Å². The van der Waals surface area contributed by atoms with E-state index in [0.29, 0.717) is 34.7 Å². The van der Waals surface area contributed by atoms with Gasteiger partial charge in [0.05, 0.1) is 12.7 Å². The van der Waals surface area contributed by atoms with Crippen LogP contribution in [-0.2, 0) is 10.4 Å². The van der Waals surface area contributed by atoms with Crippen LogP contribution in [0.3, 0.4) is 0 Å². The Hall–Kier alpha value is -2.90. The third-order valence-electron chi connectivity index (χ3n) is 4.74. The third kappa shape index (κ3) is 3.94. The van der Waals surface area contributed by atoms with Crippen LogP contribution in [0, 0.1) is 0 Å². The topological polar surface area (TPSA) is 105 Å². The second-order valence-electron chi connectivity index (χ2n) is 6.35. The molecule has 0 fully saturated rings. The lowest BCUT2D eigenvalue weighted by molar-refractivity contribution is -0.130. The van der Waals surface area contributed by atoms with E-state index in [0.717, 1.165) is 5.56 Å². The number of rotatable bonds is 7. The number of amides is 1. The fourth-order valence-corrected chi connectivity index (χ4v) is 2.98. The Morgan fingerprint density at radius 2 is 2.00 bits per heavy atom. The molecule has 142 valence electrons. The predicted octanol–water partition coefficient (Wildman–Crippen LogP) is 3.39. The van der Waals surface area contributed by atoms with Crippen molar-refractivity contribution < 1.29 is 24.3 Å². The smallest absolute Gasteiger partial charge is 0.243 e. The monoisotopic (exact) mass is 370 g/mol. The van der Waals surface area contributed by atoms with Crippen molar-refractivity contribution in [2.45, 2.75) is 31.8 Å². The van der Waals surface area contributed by atoms with E-state index in [9.17, 15) is 9.90 Å².